The number of carbonyl (C=O) groups is 2. The van der Waals surface area contributed by atoms with E-state index < -0.39 is 17.7 Å². The molecule has 1 aliphatic rings. The van der Waals surface area contributed by atoms with Crippen LogP contribution in [0.15, 0.2) is 72.3 Å². The quantitative estimate of drug-likeness (QED) is 0.160. The molecule has 0 aliphatic carbocycles. The lowest BCUT2D eigenvalue weighted by Gasteiger charge is -2.25. The summed E-state index contributed by atoms with van der Waals surface area (Å²) in [7, 11) is 1.61. The fraction of sp³-hybridized carbons (Fsp3) is 0.303. The summed E-state index contributed by atoms with van der Waals surface area (Å²) >= 11 is 1.35. The van der Waals surface area contributed by atoms with Crippen LogP contribution in [-0.4, -0.2) is 28.9 Å². The third kappa shape index (κ3) is 4.79. The number of thiazole rings is 1. The Labute approximate surface area is 238 Å². The maximum atomic E-state index is 13.7. The molecule has 1 amide bonds. The molecule has 1 atom stereocenters. The maximum Gasteiger partial charge on any atom is 0.301 e. The van der Waals surface area contributed by atoms with Crippen LogP contribution < -0.4 is 9.64 Å². The number of aromatic nitrogens is 1. The molecule has 4 aromatic rings. The molecular weight excluding hydrogens is 520 g/mol. The van der Waals surface area contributed by atoms with Gasteiger partial charge in [-0.15, -0.1) is 0 Å². The average molecular weight is 555 g/mol. The van der Waals surface area contributed by atoms with Crippen LogP contribution in [0.1, 0.15) is 69.8 Å². The molecule has 1 aliphatic heterocycles. The van der Waals surface area contributed by atoms with E-state index in [9.17, 15) is 14.7 Å². The lowest BCUT2D eigenvalue weighted by Crippen LogP contribution is -2.29. The van der Waals surface area contributed by atoms with Crippen molar-refractivity contribution in [3.05, 3.63) is 94.6 Å². The number of nitrogens with zero attached hydrogens (tertiary/aromatic N) is 2. The molecular formula is C33H34N2O4S. The third-order valence-electron chi connectivity index (χ3n) is 7.31. The van der Waals surface area contributed by atoms with Gasteiger partial charge >= 0.3 is 5.91 Å². The molecule has 5 rings (SSSR count). The number of hydrogen-bond donors (Lipinski definition) is 1. The summed E-state index contributed by atoms with van der Waals surface area (Å²) in [6.45, 7) is 12.6. The van der Waals surface area contributed by atoms with Crippen LogP contribution in [0, 0.1) is 0 Å². The van der Waals surface area contributed by atoms with E-state index in [1.54, 1.807) is 19.2 Å². The number of ether oxygens (including phenoxy) is 1. The summed E-state index contributed by atoms with van der Waals surface area (Å²) in [5.74, 6) is -0.988. The van der Waals surface area contributed by atoms with E-state index in [0.29, 0.717) is 16.4 Å². The highest BCUT2D eigenvalue weighted by molar-refractivity contribution is 7.22. The SMILES string of the molecule is COc1ccc(/C(O)=C2\C(=O)C(=O)N(c3nc4ccccc4s3)C2c2ccc(C(C)(C)C)cc2)cc1C(C)(C)C. The Balaban J connectivity index is 1.73. The second-order valence-electron chi connectivity index (χ2n) is 12.2. The molecule has 0 spiro atoms. The van der Waals surface area contributed by atoms with Gasteiger partial charge < -0.3 is 9.84 Å². The van der Waals surface area contributed by atoms with E-state index in [1.807, 2.05) is 54.6 Å². The predicted octanol–water partition coefficient (Wildman–Crippen LogP) is 7.53. The van der Waals surface area contributed by atoms with Gasteiger partial charge in [0.05, 0.1) is 28.9 Å². The number of hydrogen-bond acceptors (Lipinski definition) is 6. The molecule has 1 aromatic heterocycles. The van der Waals surface area contributed by atoms with Crippen molar-refractivity contribution in [2.75, 3.05) is 12.0 Å². The van der Waals surface area contributed by atoms with E-state index in [-0.39, 0.29) is 22.2 Å². The Morgan fingerprint density at radius 3 is 2.20 bits per heavy atom. The molecule has 7 heteroatoms. The van der Waals surface area contributed by atoms with Crippen molar-refractivity contribution in [1.29, 1.82) is 0 Å². The number of fused-ring (bicyclic) bond motifs is 1. The summed E-state index contributed by atoms with van der Waals surface area (Å²) in [4.78, 5) is 33.4. The number of Topliss-reactive ketones (excluding diaryl/α,β-unsaturated/α-hetero) is 1. The van der Waals surface area contributed by atoms with Gasteiger partial charge in [-0.05, 0) is 52.3 Å². The van der Waals surface area contributed by atoms with Gasteiger partial charge in [0.25, 0.3) is 5.78 Å². The van der Waals surface area contributed by atoms with Gasteiger partial charge in [-0.25, -0.2) is 4.98 Å². The molecule has 0 bridgehead atoms. The molecule has 1 saturated heterocycles. The Morgan fingerprint density at radius 2 is 1.60 bits per heavy atom. The van der Waals surface area contributed by atoms with Gasteiger partial charge in [0.2, 0.25) is 0 Å². The van der Waals surface area contributed by atoms with Crippen LogP contribution in [0.25, 0.3) is 16.0 Å². The van der Waals surface area contributed by atoms with Crippen LogP contribution >= 0.6 is 11.3 Å². The maximum absolute atomic E-state index is 13.7. The van der Waals surface area contributed by atoms with E-state index >= 15 is 0 Å². The first-order valence-electron chi connectivity index (χ1n) is 13.3. The molecule has 3 aromatic carbocycles. The largest absolute Gasteiger partial charge is 0.507 e. The van der Waals surface area contributed by atoms with E-state index in [1.165, 1.54) is 16.2 Å². The first-order chi connectivity index (χ1) is 18.8. The Hall–Kier alpha value is -3.97. The molecule has 1 N–H and O–H groups in total. The van der Waals surface area contributed by atoms with E-state index in [2.05, 4.69) is 41.5 Å². The fourth-order valence-corrected chi connectivity index (χ4v) is 6.06. The third-order valence-corrected chi connectivity index (χ3v) is 8.34. The molecule has 1 unspecified atom stereocenters. The summed E-state index contributed by atoms with van der Waals surface area (Å²) in [5.41, 5.74) is 3.61. The van der Waals surface area contributed by atoms with Crippen molar-refractivity contribution >= 4 is 44.1 Å². The monoisotopic (exact) mass is 554 g/mol. The molecule has 0 radical (unpaired) electrons. The standard InChI is InChI=1S/C33H34N2O4S/c1-32(2,3)21-15-12-19(13-16-21)27-26(28(36)20-14-17-24(39-7)22(18-20)33(4,5)6)29(37)30(38)35(27)31-34-23-10-8-9-11-25(23)40-31/h8-18,27,36H,1-7H3/b28-26+. The van der Waals surface area contributed by atoms with Crippen molar-refractivity contribution in [3.8, 4) is 5.75 Å². The second kappa shape index (κ2) is 9.89. The molecule has 0 saturated carbocycles. The van der Waals surface area contributed by atoms with Gasteiger partial charge in [-0.1, -0.05) is 89.3 Å². The van der Waals surface area contributed by atoms with Gasteiger partial charge in [0.1, 0.15) is 11.5 Å². The van der Waals surface area contributed by atoms with E-state index in [0.717, 1.165) is 26.9 Å². The minimum absolute atomic E-state index is 0.0396. The summed E-state index contributed by atoms with van der Waals surface area (Å²) < 4.78 is 6.48. The molecule has 206 valence electrons. The van der Waals surface area contributed by atoms with Crippen LogP contribution in [0.2, 0.25) is 0 Å². The summed E-state index contributed by atoms with van der Waals surface area (Å²) in [6, 6.07) is 20.0. The van der Waals surface area contributed by atoms with Gasteiger partial charge in [0.15, 0.2) is 5.13 Å². The number of methoxy groups -OCH3 is 1. The normalized spacial score (nSPS) is 17.6. The Morgan fingerprint density at radius 1 is 0.925 bits per heavy atom. The van der Waals surface area contributed by atoms with Crippen molar-refractivity contribution < 1.29 is 19.4 Å². The number of carbonyl (C=O) groups excluding carboxylic acids is 2. The average Bonchev–Trinajstić information content (AvgIpc) is 3.45. The van der Waals surface area contributed by atoms with Gasteiger partial charge in [0, 0.05) is 11.1 Å². The number of amides is 1. The number of benzene rings is 3. The fourth-order valence-electron chi connectivity index (χ4n) is 5.07. The minimum Gasteiger partial charge on any atom is -0.507 e. The Bertz CT molecular complexity index is 1620. The highest BCUT2D eigenvalue weighted by Gasteiger charge is 2.48. The van der Waals surface area contributed by atoms with Gasteiger partial charge in [-0.2, -0.15) is 0 Å². The van der Waals surface area contributed by atoms with E-state index in [4.69, 9.17) is 9.72 Å². The predicted molar refractivity (Wildman–Crippen MR) is 161 cm³/mol. The smallest absolute Gasteiger partial charge is 0.301 e. The van der Waals surface area contributed by atoms with Crippen molar-refractivity contribution in [2.45, 2.75) is 58.4 Å². The number of rotatable bonds is 4. The number of anilines is 1. The zero-order chi connectivity index (χ0) is 29.0. The molecule has 40 heavy (non-hydrogen) atoms. The van der Waals surface area contributed by atoms with Crippen molar-refractivity contribution in [2.24, 2.45) is 0 Å². The molecule has 1 fully saturated rings. The highest BCUT2D eigenvalue weighted by atomic mass is 32.1. The number of para-hydroxylation sites is 1. The molecule has 6 nitrogen and oxygen atoms in total. The minimum atomic E-state index is -0.838. The highest BCUT2D eigenvalue weighted by Crippen LogP contribution is 2.45. The van der Waals surface area contributed by atoms with Crippen molar-refractivity contribution in [1.82, 2.24) is 4.98 Å². The lowest BCUT2D eigenvalue weighted by molar-refractivity contribution is -0.132. The van der Waals surface area contributed by atoms with Crippen LogP contribution in [-0.2, 0) is 20.4 Å². The molecule has 2 heterocycles. The number of aliphatic hydroxyl groups excluding tert-OH is 1. The van der Waals surface area contributed by atoms with Crippen LogP contribution in [0.4, 0.5) is 5.13 Å². The summed E-state index contributed by atoms with van der Waals surface area (Å²) in [5, 5.41) is 12.1. The lowest BCUT2D eigenvalue weighted by atomic mass is 9.84. The zero-order valence-electron chi connectivity index (χ0n) is 23.9. The topological polar surface area (TPSA) is 79.7 Å². The number of ketones is 1. The summed E-state index contributed by atoms with van der Waals surface area (Å²) in [6.07, 6.45) is 0. The second-order valence-corrected chi connectivity index (χ2v) is 13.2. The van der Waals surface area contributed by atoms with Crippen LogP contribution in [0.3, 0.4) is 0 Å². The zero-order valence-corrected chi connectivity index (χ0v) is 24.7. The van der Waals surface area contributed by atoms with Crippen molar-refractivity contribution in [3.63, 3.8) is 0 Å². The first-order valence-corrected chi connectivity index (χ1v) is 14.1. The van der Waals surface area contributed by atoms with Crippen LogP contribution in [0.5, 0.6) is 5.75 Å². The number of aliphatic hydroxyl groups is 1. The first kappa shape index (κ1) is 27.6. The Kier molecular flexibility index (Phi) is 6.83. The van der Waals surface area contributed by atoms with Gasteiger partial charge in [-0.3, -0.25) is 14.5 Å².